The van der Waals surface area contributed by atoms with E-state index < -0.39 is 41.3 Å². The lowest BCUT2D eigenvalue weighted by atomic mass is 10.0. The number of rotatable bonds is 10. The van der Waals surface area contributed by atoms with Crippen molar-refractivity contribution in [3.8, 4) is 22.1 Å². The van der Waals surface area contributed by atoms with Gasteiger partial charge in [-0.05, 0) is 23.3 Å². The summed E-state index contributed by atoms with van der Waals surface area (Å²) in [6.07, 6.45) is -0.917. The van der Waals surface area contributed by atoms with Crippen LogP contribution in [0.1, 0.15) is 29.8 Å². The lowest BCUT2D eigenvalue weighted by Gasteiger charge is -2.49. The first-order chi connectivity index (χ1) is 22.7. The Kier molecular flexibility index (Phi) is 9.27. The third kappa shape index (κ3) is 6.71. The van der Waals surface area contributed by atoms with E-state index in [1.165, 1.54) is 41.8 Å². The molecule has 0 spiro atoms. The largest absolute Gasteiger partial charge is 0.507 e. The molecule has 0 aliphatic carbocycles. The predicted octanol–water partition coefficient (Wildman–Crippen LogP) is 4.31. The first kappa shape index (κ1) is 31.8. The van der Waals surface area contributed by atoms with Gasteiger partial charge < -0.3 is 25.0 Å². The highest BCUT2D eigenvalue weighted by Gasteiger charge is 2.54. The molecule has 11 nitrogen and oxygen atoms in total. The molecule has 1 saturated heterocycles. The Balaban J connectivity index is 1.19. The molecule has 1 aromatic heterocycles. The summed E-state index contributed by atoms with van der Waals surface area (Å²) in [5.74, 6) is -2.27. The van der Waals surface area contributed by atoms with Crippen LogP contribution in [-0.4, -0.2) is 67.6 Å². The number of benzene rings is 3. The maximum absolute atomic E-state index is 13.9. The molecule has 2 aliphatic heterocycles. The molecular weight excluding hydrogens is 643 g/mol. The quantitative estimate of drug-likeness (QED) is 0.164. The van der Waals surface area contributed by atoms with Crippen LogP contribution in [-0.2, 0) is 35.1 Å². The Hall–Kier alpha value is -5.14. The smallest absolute Gasteiger partial charge is 0.356 e. The van der Waals surface area contributed by atoms with Crippen LogP contribution in [0, 0.1) is 0 Å². The maximum atomic E-state index is 13.9. The van der Waals surface area contributed by atoms with Gasteiger partial charge in [0.05, 0.1) is 17.7 Å². The molecule has 240 valence electrons. The zero-order chi connectivity index (χ0) is 33.1. The van der Waals surface area contributed by atoms with Gasteiger partial charge in [-0.15, -0.1) is 23.1 Å². The van der Waals surface area contributed by atoms with Crippen LogP contribution < -0.4 is 5.32 Å². The number of hydrogen-bond acceptors (Lipinski definition) is 11. The predicted molar refractivity (Wildman–Crippen MR) is 174 cm³/mol. The van der Waals surface area contributed by atoms with E-state index in [1.54, 1.807) is 5.38 Å². The number of phenolic OH excluding ortho intramolecular Hbond substituents is 2. The van der Waals surface area contributed by atoms with Gasteiger partial charge in [0.15, 0.2) is 6.10 Å². The van der Waals surface area contributed by atoms with E-state index in [-0.39, 0.29) is 41.5 Å². The minimum absolute atomic E-state index is 0.00557. The Labute approximate surface area is 277 Å². The number of esters is 2. The molecule has 2 aliphatic rings. The van der Waals surface area contributed by atoms with Gasteiger partial charge in [0.2, 0.25) is 5.91 Å². The fourth-order valence-electron chi connectivity index (χ4n) is 5.36. The van der Waals surface area contributed by atoms with Crippen LogP contribution in [0.15, 0.2) is 95.5 Å². The average Bonchev–Trinajstić information content (AvgIpc) is 3.52. The lowest BCUT2D eigenvalue weighted by Crippen LogP contribution is -2.70. The molecule has 13 heteroatoms. The highest BCUT2D eigenvalue weighted by molar-refractivity contribution is 8.00. The van der Waals surface area contributed by atoms with Crippen LogP contribution in [0.4, 0.5) is 0 Å². The lowest BCUT2D eigenvalue weighted by molar-refractivity contribution is -0.155. The standard InChI is InChI=1S/C34H29N3O8S2/c1-19(38)44-16-22-17-47-33-28(36-26(41)15-23-18-46-31(35-23)27-24(39)13-8-14-25(27)40)32(42)37(33)29(22)34(43)45-30(20-9-4-2-5-10-20)21-11-6-3-7-12-21/h2-14,18,28,30,33,39-40H,15-17H2,1H3,(H,36,41). The first-order valence-corrected chi connectivity index (χ1v) is 16.5. The van der Waals surface area contributed by atoms with Crippen molar-refractivity contribution in [2.24, 2.45) is 0 Å². The Morgan fingerprint density at radius 1 is 0.979 bits per heavy atom. The van der Waals surface area contributed by atoms with Crippen molar-refractivity contribution < 1.29 is 38.9 Å². The third-order valence-electron chi connectivity index (χ3n) is 7.56. The molecular formula is C34H29N3O8S2. The molecule has 3 aromatic carbocycles. The first-order valence-electron chi connectivity index (χ1n) is 14.6. The highest BCUT2D eigenvalue weighted by Crippen LogP contribution is 2.42. The van der Waals surface area contributed by atoms with Gasteiger partial charge in [0, 0.05) is 23.6 Å². The Morgan fingerprint density at radius 2 is 1.62 bits per heavy atom. The van der Waals surface area contributed by atoms with Gasteiger partial charge in [-0.2, -0.15) is 0 Å². The number of thioether (sulfide) groups is 1. The Bertz CT molecular complexity index is 1800. The van der Waals surface area contributed by atoms with Crippen molar-refractivity contribution >= 4 is 46.9 Å². The second-order valence-corrected chi connectivity index (χ2v) is 12.7. The van der Waals surface area contributed by atoms with Gasteiger partial charge in [-0.25, -0.2) is 9.78 Å². The van der Waals surface area contributed by atoms with E-state index >= 15 is 0 Å². The number of carbonyl (C=O) groups excluding carboxylic acids is 4. The second kappa shape index (κ2) is 13.7. The van der Waals surface area contributed by atoms with E-state index in [0.717, 1.165) is 22.5 Å². The molecule has 3 N–H and O–H groups in total. The van der Waals surface area contributed by atoms with Gasteiger partial charge in [-0.1, -0.05) is 66.7 Å². The fourth-order valence-corrected chi connectivity index (χ4v) is 7.57. The van der Waals surface area contributed by atoms with Crippen LogP contribution >= 0.6 is 23.1 Å². The molecule has 47 heavy (non-hydrogen) atoms. The minimum atomic E-state index is -0.912. The van der Waals surface area contributed by atoms with Crippen LogP contribution in [0.2, 0.25) is 0 Å². The number of ether oxygens (including phenoxy) is 2. The summed E-state index contributed by atoms with van der Waals surface area (Å²) in [6.45, 7) is 1.06. The molecule has 2 atom stereocenters. The summed E-state index contributed by atoms with van der Waals surface area (Å²) >= 11 is 2.49. The highest BCUT2D eigenvalue weighted by atomic mass is 32.2. The Morgan fingerprint density at radius 3 is 2.23 bits per heavy atom. The average molecular weight is 672 g/mol. The minimum Gasteiger partial charge on any atom is -0.507 e. The molecule has 6 rings (SSSR count). The number of aromatic hydroxyl groups is 2. The van der Waals surface area contributed by atoms with Crippen LogP contribution in [0.25, 0.3) is 10.6 Å². The number of nitrogens with zero attached hydrogens (tertiary/aromatic N) is 2. The van der Waals surface area contributed by atoms with Gasteiger partial charge in [0.1, 0.15) is 40.2 Å². The summed E-state index contributed by atoms with van der Waals surface area (Å²) < 4.78 is 11.3. The summed E-state index contributed by atoms with van der Waals surface area (Å²) in [6, 6.07) is 21.9. The van der Waals surface area contributed by atoms with E-state index in [0.29, 0.717) is 16.3 Å². The molecule has 0 radical (unpaired) electrons. The molecule has 2 unspecified atom stereocenters. The van der Waals surface area contributed by atoms with Gasteiger partial charge >= 0.3 is 11.9 Å². The topological polar surface area (TPSA) is 155 Å². The van der Waals surface area contributed by atoms with Crippen molar-refractivity contribution in [2.45, 2.75) is 30.9 Å². The van der Waals surface area contributed by atoms with Crippen molar-refractivity contribution in [2.75, 3.05) is 12.4 Å². The number of hydrogen-bond donors (Lipinski definition) is 3. The zero-order valence-corrected chi connectivity index (χ0v) is 26.6. The third-order valence-corrected chi connectivity index (χ3v) is 9.81. The number of aromatic nitrogens is 1. The monoisotopic (exact) mass is 671 g/mol. The van der Waals surface area contributed by atoms with E-state index in [1.807, 2.05) is 60.7 Å². The number of phenols is 2. The molecule has 2 amide bonds. The van der Waals surface area contributed by atoms with Gasteiger partial charge in [0.25, 0.3) is 5.91 Å². The maximum Gasteiger partial charge on any atom is 0.356 e. The summed E-state index contributed by atoms with van der Waals surface area (Å²) in [5.41, 5.74) is 2.45. The number of fused-ring (bicyclic) bond motifs is 1. The molecule has 3 heterocycles. The molecule has 4 aromatic rings. The molecule has 0 saturated carbocycles. The zero-order valence-electron chi connectivity index (χ0n) is 25.0. The number of carbonyl (C=O) groups is 4. The van der Waals surface area contributed by atoms with Crippen LogP contribution in [0.3, 0.4) is 0 Å². The van der Waals surface area contributed by atoms with Crippen molar-refractivity contribution in [1.82, 2.24) is 15.2 Å². The summed E-state index contributed by atoms with van der Waals surface area (Å²) in [5, 5.41) is 24.5. The molecule has 1 fully saturated rings. The van der Waals surface area contributed by atoms with Crippen molar-refractivity contribution in [3.63, 3.8) is 0 Å². The molecule has 0 bridgehead atoms. The van der Waals surface area contributed by atoms with Crippen LogP contribution in [0.5, 0.6) is 11.5 Å². The second-order valence-electron chi connectivity index (χ2n) is 10.8. The normalized spacial score (nSPS) is 17.1. The number of thiazole rings is 1. The number of β-lactam (4-membered cyclic amide) rings is 1. The number of nitrogens with one attached hydrogen (secondary N) is 1. The summed E-state index contributed by atoms with van der Waals surface area (Å²) in [7, 11) is 0. The van der Waals surface area contributed by atoms with E-state index in [9.17, 15) is 29.4 Å². The SMILES string of the molecule is CC(=O)OCC1=C(C(=O)OC(c2ccccc2)c2ccccc2)N2C(=O)C(NC(=O)Cc3csc(-c4c(O)cccc4O)n3)C2SC1. The fraction of sp³-hybridized carbons (Fsp3) is 0.206. The number of amides is 2. The van der Waals surface area contributed by atoms with E-state index in [2.05, 4.69) is 10.3 Å². The van der Waals surface area contributed by atoms with Gasteiger partial charge in [-0.3, -0.25) is 19.3 Å². The summed E-state index contributed by atoms with van der Waals surface area (Å²) in [4.78, 5) is 57.9. The van der Waals surface area contributed by atoms with Crippen molar-refractivity contribution in [3.05, 3.63) is 112 Å². The van der Waals surface area contributed by atoms with E-state index in [4.69, 9.17) is 9.47 Å². The van der Waals surface area contributed by atoms with Crippen molar-refractivity contribution in [1.29, 1.82) is 0 Å².